The molecule has 0 spiro atoms. The minimum Gasteiger partial charge on any atom is -0.335 e. The van der Waals surface area contributed by atoms with Crippen LogP contribution >= 0.6 is 11.8 Å². The number of thioether (sulfide) groups is 1. The minimum atomic E-state index is -0.894. The molecule has 0 aliphatic heterocycles. The fourth-order valence-electron chi connectivity index (χ4n) is 5.97. The van der Waals surface area contributed by atoms with E-state index in [0.717, 1.165) is 31.4 Å². The summed E-state index contributed by atoms with van der Waals surface area (Å²) >= 11 is 1.24. The molecule has 4 aliphatic carbocycles. The van der Waals surface area contributed by atoms with Crippen molar-refractivity contribution in [2.45, 2.75) is 55.4 Å². The third-order valence-electron chi connectivity index (χ3n) is 6.58. The van der Waals surface area contributed by atoms with Crippen LogP contribution in [0.4, 0.5) is 8.78 Å². The molecule has 4 fully saturated rings. The van der Waals surface area contributed by atoms with Crippen molar-refractivity contribution in [1.29, 1.82) is 5.26 Å². The van der Waals surface area contributed by atoms with E-state index in [1.807, 2.05) is 4.90 Å². The molecule has 0 radical (unpaired) electrons. The Hall–Kier alpha value is -1.61. The van der Waals surface area contributed by atoms with Crippen molar-refractivity contribution in [3.63, 3.8) is 0 Å². The van der Waals surface area contributed by atoms with Gasteiger partial charge in [-0.3, -0.25) is 4.79 Å². The fourth-order valence-corrected chi connectivity index (χ4v) is 6.77. The highest BCUT2D eigenvalue weighted by Gasteiger charge is 2.54. The molecule has 1 aromatic rings. The Kier molecular flexibility index (Phi) is 5.15. The van der Waals surface area contributed by atoms with Gasteiger partial charge in [-0.1, -0.05) is 0 Å². The summed E-state index contributed by atoms with van der Waals surface area (Å²) in [6, 6.07) is 5.91. The van der Waals surface area contributed by atoms with Gasteiger partial charge in [0.2, 0.25) is 5.91 Å². The van der Waals surface area contributed by atoms with E-state index in [-0.39, 0.29) is 17.2 Å². The lowest BCUT2D eigenvalue weighted by atomic mass is 9.52. The second kappa shape index (κ2) is 7.43. The summed E-state index contributed by atoms with van der Waals surface area (Å²) in [6.07, 6.45) is 7.41. The molecule has 144 valence electrons. The molecule has 0 atom stereocenters. The zero-order valence-electron chi connectivity index (χ0n) is 15.3. The van der Waals surface area contributed by atoms with E-state index in [2.05, 4.69) is 6.07 Å². The lowest BCUT2D eigenvalue weighted by Crippen LogP contribution is -2.62. The topological polar surface area (TPSA) is 44.1 Å². The van der Waals surface area contributed by atoms with Crippen LogP contribution in [0.1, 0.15) is 44.9 Å². The van der Waals surface area contributed by atoms with Crippen molar-refractivity contribution in [3.05, 3.63) is 29.8 Å². The molecule has 1 amide bonds. The molecular weight excluding hydrogens is 366 g/mol. The zero-order valence-corrected chi connectivity index (χ0v) is 16.1. The van der Waals surface area contributed by atoms with Gasteiger partial charge in [0.05, 0.1) is 18.2 Å². The van der Waals surface area contributed by atoms with E-state index in [4.69, 9.17) is 5.26 Å². The smallest absolute Gasteiger partial charge is 0.233 e. The number of nitriles is 1. The van der Waals surface area contributed by atoms with Crippen LogP contribution in [0.15, 0.2) is 23.1 Å². The van der Waals surface area contributed by atoms with E-state index in [0.29, 0.717) is 35.6 Å². The van der Waals surface area contributed by atoms with Gasteiger partial charge in [-0.2, -0.15) is 5.26 Å². The van der Waals surface area contributed by atoms with Gasteiger partial charge in [0, 0.05) is 17.0 Å². The Morgan fingerprint density at radius 3 is 2.33 bits per heavy atom. The largest absolute Gasteiger partial charge is 0.335 e. The number of benzene rings is 1. The first kappa shape index (κ1) is 18.7. The molecule has 4 saturated carbocycles. The van der Waals surface area contributed by atoms with Gasteiger partial charge in [-0.15, -0.1) is 11.8 Å². The Morgan fingerprint density at radius 2 is 1.78 bits per heavy atom. The van der Waals surface area contributed by atoms with Crippen molar-refractivity contribution in [1.82, 2.24) is 4.90 Å². The summed E-state index contributed by atoms with van der Waals surface area (Å²) < 4.78 is 26.5. The highest BCUT2D eigenvalue weighted by molar-refractivity contribution is 8.00. The van der Waals surface area contributed by atoms with Gasteiger partial charge < -0.3 is 4.90 Å². The molecule has 0 unspecified atom stereocenters. The first-order valence-electron chi connectivity index (χ1n) is 9.74. The maximum absolute atomic E-state index is 13.4. The predicted octanol–water partition coefficient (Wildman–Crippen LogP) is 4.77. The second-order valence-corrected chi connectivity index (χ2v) is 9.51. The van der Waals surface area contributed by atoms with Crippen molar-refractivity contribution >= 4 is 17.7 Å². The van der Waals surface area contributed by atoms with E-state index in [1.165, 1.54) is 37.1 Å². The fraction of sp³-hybridized carbons (Fsp3) is 0.619. The van der Waals surface area contributed by atoms with Crippen molar-refractivity contribution in [2.24, 2.45) is 17.8 Å². The number of halogens is 2. The number of nitrogens with zero attached hydrogens (tertiary/aromatic N) is 2. The Balaban J connectivity index is 1.49. The molecule has 1 aromatic carbocycles. The van der Waals surface area contributed by atoms with E-state index in [1.54, 1.807) is 0 Å². The van der Waals surface area contributed by atoms with Gasteiger partial charge in [0.1, 0.15) is 0 Å². The molecule has 6 heteroatoms. The van der Waals surface area contributed by atoms with Crippen molar-refractivity contribution in [2.75, 3.05) is 12.3 Å². The van der Waals surface area contributed by atoms with Crippen LogP contribution in [0, 0.1) is 40.7 Å². The normalized spacial score (nSPS) is 30.9. The minimum absolute atomic E-state index is 0.0157. The lowest BCUT2D eigenvalue weighted by molar-refractivity contribution is -0.147. The van der Waals surface area contributed by atoms with Gasteiger partial charge in [-0.05, 0) is 74.5 Å². The highest BCUT2D eigenvalue weighted by atomic mass is 32.2. The van der Waals surface area contributed by atoms with Crippen LogP contribution in [0.2, 0.25) is 0 Å². The van der Waals surface area contributed by atoms with Crippen molar-refractivity contribution in [3.8, 4) is 6.07 Å². The summed E-state index contributed by atoms with van der Waals surface area (Å²) in [7, 11) is 0. The lowest BCUT2D eigenvalue weighted by Gasteiger charge is -2.60. The second-order valence-electron chi connectivity index (χ2n) is 8.46. The number of carbonyl (C=O) groups is 1. The molecule has 3 nitrogen and oxygen atoms in total. The molecule has 5 rings (SSSR count). The van der Waals surface area contributed by atoms with E-state index >= 15 is 0 Å². The standard InChI is InChI=1S/C21H24F2N2OS/c22-18-3-2-17(9-19(18)23)27-13-20(26)25(5-1-4-24)21-10-14-6-15(11-21)8-16(7-14)12-21/h2-3,9,14-16H,1,5-8,10-13H2. The number of hydrogen-bond acceptors (Lipinski definition) is 3. The Bertz CT molecular complexity index is 741. The predicted molar refractivity (Wildman–Crippen MR) is 99.9 cm³/mol. The Morgan fingerprint density at radius 1 is 1.15 bits per heavy atom. The van der Waals surface area contributed by atoms with Crippen LogP contribution in [0.5, 0.6) is 0 Å². The summed E-state index contributed by atoms with van der Waals surface area (Å²) in [6.45, 7) is 0.472. The molecule has 0 N–H and O–H groups in total. The average Bonchev–Trinajstić information content (AvgIpc) is 2.61. The summed E-state index contributed by atoms with van der Waals surface area (Å²) in [5.41, 5.74) is -0.0860. The van der Waals surface area contributed by atoms with Crippen LogP contribution in [0.25, 0.3) is 0 Å². The average molecular weight is 390 g/mol. The highest BCUT2D eigenvalue weighted by Crippen LogP contribution is 2.57. The first-order valence-corrected chi connectivity index (χ1v) is 10.7. The van der Waals surface area contributed by atoms with Gasteiger partial charge in [0.15, 0.2) is 11.6 Å². The van der Waals surface area contributed by atoms with Crippen LogP contribution in [0.3, 0.4) is 0 Å². The van der Waals surface area contributed by atoms with E-state index in [9.17, 15) is 13.6 Å². The molecule has 0 saturated heterocycles. The molecule has 4 aliphatic rings. The number of hydrogen-bond donors (Lipinski definition) is 0. The van der Waals surface area contributed by atoms with Crippen molar-refractivity contribution < 1.29 is 13.6 Å². The maximum Gasteiger partial charge on any atom is 0.233 e. The molecule has 4 bridgehead atoms. The van der Waals surface area contributed by atoms with Crippen LogP contribution in [-0.2, 0) is 4.79 Å². The number of rotatable bonds is 6. The zero-order chi connectivity index (χ0) is 19.0. The van der Waals surface area contributed by atoms with Gasteiger partial charge >= 0.3 is 0 Å². The Labute approximate surface area is 163 Å². The summed E-state index contributed by atoms with van der Waals surface area (Å²) in [5, 5.41) is 9.07. The number of amides is 1. The first-order chi connectivity index (χ1) is 13.0. The summed E-state index contributed by atoms with van der Waals surface area (Å²) in [5.74, 6) is 0.581. The third-order valence-corrected chi connectivity index (χ3v) is 7.56. The molecule has 0 aromatic heterocycles. The SMILES string of the molecule is N#CCCN(C(=O)CSc1ccc(F)c(F)c1)C12CC3CC(CC(C3)C1)C2. The van der Waals surface area contributed by atoms with Gasteiger partial charge in [0.25, 0.3) is 0 Å². The molecule has 27 heavy (non-hydrogen) atoms. The maximum atomic E-state index is 13.4. The molecular formula is C21H24F2N2OS. The third kappa shape index (κ3) is 3.71. The number of carbonyl (C=O) groups excluding carboxylic acids is 1. The van der Waals surface area contributed by atoms with Crippen LogP contribution in [-0.4, -0.2) is 28.6 Å². The monoisotopic (exact) mass is 390 g/mol. The molecule has 0 heterocycles. The quantitative estimate of drug-likeness (QED) is 0.658. The van der Waals surface area contributed by atoms with Gasteiger partial charge in [-0.25, -0.2) is 8.78 Å². The summed E-state index contributed by atoms with van der Waals surface area (Å²) in [4.78, 5) is 15.6. The van der Waals surface area contributed by atoms with Crippen LogP contribution < -0.4 is 0 Å². The van der Waals surface area contributed by atoms with E-state index < -0.39 is 11.6 Å².